The smallest absolute Gasteiger partial charge is 0.274 e. The minimum Gasteiger partial charge on any atom is -0.396 e. The SMILES string of the molecule is CCn1cc(N)c(C(=O)NC2CCN(S(C)(=O)=O)CC2)n1. The molecule has 21 heavy (non-hydrogen) atoms. The van der Waals surface area contributed by atoms with Crippen LogP contribution in [0.25, 0.3) is 0 Å². The Bertz CT molecular complexity index is 617. The Morgan fingerprint density at radius 2 is 2.10 bits per heavy atom. The first kappa shape index (κ1) is 15.8. The molecule has 0 bridgehead atoms. The number of carbonyl (C=O) groups excluding carboxylic acids is 1. The van der Waals surface area contributed by atoms with E-state index in [-0.39, 0.29) is 17.6 Å². The Hall–Kier alpha value is -1.61. The van der Waals surface area contributed by atoms with Crippen LogP contribution in [0.3, 0.4) is 0 Å². The van der Waals surface area contributed by atoms with Crippen LogP contribution in [0.4, 0.5) is 5.69 Å². The Morgan fingerprint density at radius 1 is 1.48 bits per heavy atom. The molecule has 0 aromatic carbocycles. The summed E-state index contributed by atoms with van der Waals surface area (Å²) in [6.45, 7) is 3.39. The number of amides is 1. The van der Waals surface area contributed by atoms with Crippen molar-refractivity contribution < 1.29 is 13.2 Å². The summed E-state index contributed by atoms with van der Waals surface area (Å²) < 4.78 is 25.9. The average molecular weight is 315 g/mol. The number of sulfonamides is 1. The first-order valence-corrected chi connectivity index (χ1v) is 8.75. The molecule has 118 valence electrons. The number of hydrogen-bond acceptors (Lipinski definition) is 5. The third-order valence-corrected chi connectivity index (χ3v) is 4.89. The number of nitrogens with one attached hydrogen (secondary N) is 1. The predicted molar refractivity (Wildman–Crippen MR) is 79.2 cm³/mol. The minimum absolute atomic E-state index is 0.0540. The zero-order valence-corrected chi connectivity index (χ0v) is 13.1. The zero-order chi connectivity index (χ0) is 15.6. The van der Waals surface area contributed by atoms with Crippen molar-refractivity contribution in [3.63, 3.8) is 0 Å². The van der Waals surface area contributed by atoms with Crippen molar-refractivity contribution in [2.45, 2.75) is 32.4 Å². The molecule has 0 aliphatic carbocycles. The monoisotopic (exact) mass is 315 g/mol. The molecule has 0 spiro atoms. The van der Waals surface area contributed by atoms with Gasteiger partial charge in [0.1, 0.15) is 0 Å². The van der Waals surface area contributed by atoms with Gasteiger partial charge in [0, 0.05) is 31.9 Å². The number of anilines is 1. The number of rotatable bonds is 4. The molecule has 1 aliphatic heterocycles. The predicted octanol–water partition coefficient (Wildman–Crippen LogP) is -0.361. The summed E-state index contributed by atoms with van der Waals surface area (Å²) in [6.07, 6.45) is 4.01. The van der Waals surface area contributed by atoms with E-state index in [0.29, 0.717) is 38.2 Å². The van der Waals surface area contributed by atoms with Gasteiger partial charge in [-0.25, -0.2) is 12.7 Å². The topological polar surface area (TPSA) is 110 Å². The molecule has 1 aliphatic rings. The maximum atomic E-state index is 12.1. The summed E-state index contributed by atoms with van der Waals surface area (Å²) in [5, 5.41) is 6.99. The van der Waals surface area contributed by atoms with Crippen LogP contribution in [-0.2, 0) is 16.6 Å². The third-order valence-electron chi connectivity index (χ3n) is 3.59. The molecule has 9 heteroatoms. The van der Waals surface area contributed by atoms with Gasteiger partial charge < -0.3 is 11.1 Å². The molecule has 2 rings (SSSR count). The van der Waals surface area contributed by atoms with Crippen LogP contribution in [0.5, 0.6) is 0 Å². The fraction of sp³-hybridized carbons (Fsp3) is 0.667. The lowest BCUT2D eigenvalue weighted by Gasteiger charge is -2.30. The molecule has 0 unspecified atom stereocenters. The molecule has 0 saturated carbocycles. The molecule has 0 radical (unpaired) electrons. The summed E-state index contributed by atoms with van der Waals surface area (Å²) in [7, 11) is -3.15. The Balaban J connectivity index is 1.94. The molecule has 2 heterocycles. The standard InChI is InChI=1S/C12H21N5O3S/c1-3-16-8-10(13)11(15-16)12(18)14-9-4-6-17(7-5-9)21(2,19)20/h8-9H,3-7,13H2,1-2H3,(H,14,18). The van der Waals surface area contributed by atoms with Crippen LogP contribution in [-0.4, -0.2) is 53.8 Å². The van der Waals surface area contributed by atoms with E-state index in [9.17, 15) is 13.2 Å². The van der Waals surface area contributed by atoms with Gasteiger partial charge in [0.05, 0.1) is 11.9 Å². The van der Waals surface area contributed by atoms with E-state index in [1.54, 1.807) is 10.9 Å². The van der Waals surface area contributed by atoms with E-state index in [0.717, 1.165) is 0 Å². The first-order chi connectivity index (χ1) is 9.81. The second-order valence-corrected chi connectivity index (χ2v) is 7.18. The summed E-state index contributed by atoms with van der Waals surface area (Å²) in [5.74, 6) is -0.308. The van der Waals surface area contributed by atoms with Crippen LogP contribution in [0.1, 0.15) is 30.3 Å². The number of carbonyl (C=O) groups is 1. The quantitative estimate of drug-likeness (QED) is 0.788. The summed E-state index contributed by atoms with van der Waals surface area (Å²) in [6, 6.07) is -0.0540. The average Bonchev–Trinajstić information content (AvgIpc) is 2.80. The zero-order valence-electron chi connectivity index (χ0n) is 12.2. The van der Waals surface area contributed by atoms with E-state index in [1.807, 2.05) is 6.92 Å². The molecule has 1 amide bonds. The van der Waals surface area contributed by atoms with Gasteiger partial charge in [0.2, 0.25) is 10.0 Å². The molecule has 1 aromatic heterocycles. The molecule has 1 saturated heterocycles. The summed E-state index contributed by atoms with van der Waals surface area (Å²) in [5.41, 5.74) is 6.34. The number of nitrogens with zero attached hydrogens (tertiary/aromatic N) is 3. The largest absolute Gasteiger partial charge is 0.396 e. The maximum Gasteiger partial charge on any atom is 0.274 e. The van der Waals surface area contributed by atoms with E-state index in [4.69, 9.17) is 5.73 Å². The number of aryl methyl sites for hydroxylation is 1. The lowest BCUT2D eigenvalue weighted by atomic mass is 10.1. The number of aromatic nitrogens is 2. The Kier molecular flexibility index (Phi) is 4.52. The highest BCUT2D eigenvalue weighted by Gasteiger charge is 2.27. The Morgan fingerprint density at radius 3 is 2.57 bits per heavy atom. The van der Waals surface area contributed by atoms with Gasteiger partial charge in [-0.05, 0) is 19.8 Å². The van der Waals surface area contributed by atoms with Crippen molar-refractivity contribution in [1.29, 1.82) is 0 Å². The summed E-state index contributed by atoms with van der Waals surface area (Å²) in [4.78, 5) is 12.1. The molecular formula is C12H21N5O3S. The van der Waals surface area contributed by atoms with Gasteiger partial charge >= 0.3 is 0 Å². The fourth-order valence-electron chi connectivity index (χ4n) is 2.36. The van der Waals surface area contributed by atoms with Gasteiger partial charge in [-0.3, -0.25) is 9.48 Å². The number of piperidine rings is 1. The van der Waals surface area contributed by atoms with Gasteiger partial charge in [-0.15, -0.1) is 0 Å². The Labute approximate surface area is 124 Å². The lowest BCUT2D eigenvalue weighted by Crippen LogP contribution is -2.46. The highest BCUT2D eigenvalue weighted by Crippen LogP contribution is 2.15. The van der Waals surface area contributed by atoms with Gasteiger partial charge in [-0.1, -0.05) is 0 Å². The summed E-state index contributed by atoms with van der Waals surface area (Å²) >= 11 is 0. The van der Waals surface area contributed by atoms with Crippen molar-refractivity contribution in [3.8, 4) is 0 Å². The molecule has 1 fully saturated rings. The van der Waals surface area contributed by atoms with Crippen molar-refractivity contribution in [2.24, 2.45) is 0 Å². The molecule has 0 atom stereocenters. The molecule has 1 aromatic rings. The van der Waals surface area contributed by atoms with Crippen LogP contribution >= 0.6 is 0 Å². The fourth-order valence-corrected chi connectivity index (χ4v) is 3.23. The van der Waals surface area contributed by atoms with Crippen LogP contribution < -0.4 is 11.1 Å². The first-order valence-electron chi connectivity index (χ1n) is 6.90. The van der Waals surface area contributed by atoms with E-state index < -0.39 is 10.0 Å². The van der Waals surface area contributed by atoms with E-state index in [2.05, 4.69) is 10.4 Å². The highest BCUT2D eigenvalue weighted by molar-refractivity contribution is 7.88. The van der Waals surface area contributed by atoms with Crippen LogP contribution in [0, 0.1) is 0 Å². The lowest BCUT2D eigenvalue weighted by molar-refractivity contribution is 0.0919. The maximum absolute atomic E-state index is 12.1. The van der Waals surface area contributed by atoms with Gasteiger partial charge in [0.25, 0.3) is 5.91 Å². The minimum atomic E-state index is -3.15. The van der Waals surface area contributed by atoms with E-state index in [1.165, 1.54) is 10.6 Å². The van der Waals surface area contributed by atoms with Crippen LogP contribution in [0.2, 0.25) is 0 Å². The van der Waals surface area contributed by atoms with Crippen molar-refractivity contribution in [2.75, 3.05) is 25.1 Å². The van der Waals surface area contributed by atoms with Gasteiger partial charge in [-0.2, -0.15) is 5.10 Å². The second-order valence-electron chi connectivity index (χ2n) is 5.20. The van der Waals surface area contributed by atoms with E-state index >= 15 is 0 Å². The number of nitrogens with two attached hydrogens (primary N) is 1. The highest BCUT2D eigenvalue weighted by atomic mass is 32.2. The van der Waals surface area contributed by atoms with Crippen molar-refractivity contribution in [3.05, 3.63) is 11.9 Å². The second kappa shape index (κ2) is 6.02. The van der Waals surface area contributed by atoms with Gasteiger partial charge in [0.15, 0.2) is 5.69 Å². The third kappa shape index (κ3) is 3.73. The van der Waals surface area contributed by atoms with Crippen molar-refractivity contribution in [1.82, 2.24) is 19.4 Å². The number of nitrogen functional groups attached to an aromatic ring is 1. The molecule has 3 N–H and O–H groups in total. The van der Waals surface area contributed by atoms with Crippen molar-refractivity contribution >= 4 is 21.6 Å². The number of hydrogen-bond donors (Lipinski definition) is 2. The normalized spacial score (nSPS) is 17.8. The van der Waals surface area contributed by atoms with Crippen LogP contribution in [0.15, 0.2) is 6.20 Å². The molecule has 8 nitrogen and oxygen atoms in total. The molecular weight excluding hydrogens is 294 g/mol.